The maximum atomic E-state index is 5.05. The van der Waals surface area contributed by atoms with Gasteiger partial charge in [-0.2, -0.15) is 16.1 Å². The van der Waals surface area contributed by atoms with Crippen molar-refractivity contribution in [2.75, 3.05) is 31.4 Å². The maximum Gasteiger partial charge on any atom is 0.205 e. The minimum atomic E-state index is 0.510. The SMILES string of the molecule is COCc1nsc(N2CCCCC(SC)C2)n1. The number of hydrogen-bond acceptors (Lipinski definition) is 6. The van der Waals surface area contributed by atoms with Crippen molar-refractivity contribution in [1.29, 1.82) is 0 Å². The van der Waals surface area contributed by atoms with Crippen LogP contribution in [0, 0.1) is 0 Å². The molecule has 1 aliphatic heterocycles. The molecule has 0 aliphatic carbocycles. The van der Waals surface area contributed by atoms with Gasteiger partial charge in [0, 0.05) is 37.0 Å². The van der Waals surface area contributed by atoms with Crippen molar-refractivity contribution in [1.82, 2.24) is 9.36 Å². The zero-order chi connectivity index (χ0) is 12.1. The molecule has 1 aliphatic rings. The third kappa shape index (κ3) is 3.56. The molecule has 1 unspecified atom stereocenters. The monoisotopic (exact) mass is 273 g/mol. The molecule has 17 heavy (non-hydrogen) atoms. The van der Waals surface area contributed by atoms with Crippen molar-refractivity contribution >= 4 is 28.4 Å². The van der Waals surface area contributed by atoms with Gasteiger partial charge >= 0.3 is 0 Å². The molecule has 0 saturated carbocycles. The van der Waals surface area contributed by atoms with Crippen LogP contribution in [0.5, 0.6) is 0 Å². The third-order valence-corrected chi connectivity index (χ3v) is 4.83. The van der Waals surface area contributed by atoms with Crippen molar-refractivity contribution in [2.24, 2.45) is 0 Å². The summed E-state index contributed by atoms with van der Waals surface area (Å²) in [6.45, 7) is 2.72. The number of methoxy groups -OCH3 is 1. The highest BCUT2D eigenvalue weighted by Gasteiger charge is 2.20. The Kier molecular flexibility index (Phi) is 5.06. The molecule has 0 N–H and O–H groups in total. The van der Waals surface area contributed by atoms with Crippen LogP contribution >= 0.6 is 23.3 Å². The number of rotatable bonds is 4. The lowest BCUT2D eigenvalue weighted by Crippen LogP contribution is -2.29. The molecular weight excluding hydrogens is 254 g/mol. The second-order valence-electron chi connectivity index (χ2n) is 4.23. The zero-order valence-corrected chi connectivity index (χ0v) is 12.0. The molecule has 1 saturated heterocycles. The standard InChI is InChI=1S/C11H19N3OS2/c1-15-8-10-12-11(17-13-10)14-6-4-3-5-9(7-14)16-2/h9H,3-8H2,1-2H3. The van der Waals surface area contributed by atoms with Crippen LogP contribution in [-0.2, 0) is 11.3 Å². The Morgan fingerprint density at radius 1 is 1.53 bits per heavy atom. The summed E-state index contributed by atoms with van der Waals surface area (Å²) < 4.78 is 9.37. The van der Waals surface area contributed by atoms with E-state index in [4.69, 9.17) is 4.74 Å². The minimum Gasteiger partial charge on any atom is -0.377 e. The van der Waals surface area contributed by atoms with E-state index in [0.29, 0.717) is 6.61 Å². The van der Waals surface area contributed by atoms with Crippen molar-refractivity contribution in [3.63, 3.8) is 0 Å². The van der Waals surface area contributed by atoms with E-state index >= 15 is 0 Å². The molecule has 1 atom stereocenters. The van der Waals surface area contributed by atoms with Crippen LogP contribution in [0.25, 0.3) is 0 Å². The van der Waals surface area contributed by atoms with Gasteiger partial charge in [-0.25, -0.2) is 4.98 Å². The van der Waals surface area contributed by atoms with E-state index in [2.05, 4.69) is 20.5 Å². The Morgan fingerprint density at radius 3 is 3.18 bits per heavy atom. The average molecular weight is 273 g/mol. The van der Waals surface area contributed by atoms with Gasteiger partial charge in [-0.15, -0.1) is 0 Å². The second-order valence-corrected chi connectivity index (χ2v) is 6.09. The molecular formula is C11H19N3OS2. The highest BCUT2D eigenvalue weighted by atomic mass is 32.2. The van der Waals surface area contributed by atoms with Crippen LogP contribution in [0.2, 0.25) is 0 Å². The summed E-state index contributed by atoms with van der Waals surface area (Å²) in [7, 11) is 1.68. The predicted octanol–water partition coefficient (Wildman–Crippen LogP) is 2.41. The van der Waals surface area contributed by atoms with Crippen LogP contribution in [0.4, 0.5) is 5.13 Å². The van der Waals surface area contributed by atoms with Gasteiger partial charge in [-0.05, 0) is 19.1 Å². The van der Waals surface area contributed by atoms with E-state index in [-0.39, 0.29) is 0 Å². The topological polar surface area (TPSA) is 38.2 Å². The van der Waals surface area contributed by atoms with Crippen molar-refractivity contribution in [3.8, 4) is 0 Å². The summed E-state index contributed by atoms with van der Waals surface area (Å²) in [4.78, 5) is 6.91. The maximum absolute atomic E-state index is 5.05. The molecule has 4 nitrogen and oxygen atoms in total. The lowest BCUT2D eigenvalue weighted by Gasteiger charge is -2.22. The first kappa shape index (κ1) is 13.1. The number of thioether (sulfide) groups is 1. The van der Waals surface area contributed by atoms with E-state index < -0.39 is 0 Å². The zero-order valence-electron chi connectivity index (χ0n) is 10.4. The number of aromatic nitrogens is 2. The number of ether oxygens (including phenoxy) is 1. The highest BCUT2D eigenvalue weighted by Crippen LogP contribution is 2.25. The Labute approximate surface area is 111 Å². The van der Waals surface area contributed by atoms with Crippen molar-refractivity contribution < 1.29 is 4.74 Å². The van der Waals surface area contributed by atoms with Crippen LogP contribution in [0.1, 0.15) is 25.1 Å². The van der Waals surface area contributed by atoms with Gasteiger partial charge in [0.15, 0.2) is 5.82 Å². The number of hydrogen-bond donors (Lipinski definition) is 0. The summed E-state index contributed by atoms with van der Waals surface area (Å²) in [5, 5.41) is 1.78. The van der Waals surface area contributed by atoms with Crippen LogP contribution in [0.15, 0.2) is 0 Å². The van der Waals surface area contributed by atoms with Crippen LogP contribution in [-0.4, -0.2) is 41.1 Å². The normalized spacial score (nSPS) is 21.5. The van der Waals surface area contributed by atoms with Gasteiger partial charge in [0.05, 0.1) is 0 Å². The highest BCUT2D eigenvalue weighted by molar-refractivity contribution is 7.99. The minimum absolute atomic E-state index is 0.510. The summed E-state index contributed by atoms with van der Waals surface area (Å²) in [5.41, 5.74) is 0. The molecule has 0 bridgehead atoms. The number of nitrogens with zero attached hydrogens (tertiary/aromatic N) is 3. The fraction of sp³-hybridized carbons (Fsp3) is 0.818. The third-order valence-electron chi connectivity index (χ3n) is 2.96. The molecule has 0 aromatic carbocycles. The second kappa shape index (κ2) is 6.56. The van der Waals surface area contributed by atoms with E-state index in [9.17, 15) is 0 Å². The van der Waals surface area contributed by atoms with E-state index in [1.54, 1.807) is 7.11 Å². The molecule has 1 fully saturated rings. The Morgan fingerprint density at radius 2 is 2.41 bits per heavy atom. The summed E-state index contributed by atoms with van der Waals surface area (Å²) in [5.74, 6) is 0.803. The molecule has 0 amide bonds. The van der Waals surface area contributed by atoms with Gasteiger partial charge in [-0.3, -0.25) is 0 Å². The van der Waals surface area contributed by atoms with Gasteiger partial charge < -0.3 is 9.64 Å². The first-order valence-corrected chi connectivity index (χ1v) is 7.99. The smallest absolute Gasteiger partial charge is 0.205 e. The van der Waals surface area contributed by atoms with Gasteiger partial charge in [-0.1, -0.05) is 6.42 Å². The first-order valence-electron chi connectivity index (χ1n) is 5.92. The fourth-order valence-corrected chi connectivity index (χ4v) is 3.47. The molecule has 1 aromatic heterocycles. The van der Waals surface area contributed by atoms with E-state index in [0.717, 1.165) is 29.3 Å². The van der Waals surface area contributed by atoms with Crippen molar-refractivity contribution in [2.45, 2.75) is 31.1 Å². The quantitative estimate of drug-likeness (QED) is 0.842. The summed E-state index contributed by atoms with van der Waals surface area (Å²) >= 11 is 3.46. The molecule has 6 heteroatoms. The molecule has 96 valence electrons. The van der Waals surface area contributed by atoms with Crippen molar-refractivity contribution in [3.05, 3.63) is 5.82 Å². The predicted molar refractivity (Wildman–Crippen MR) is 74.0 cm³/mol. The van der Waals surface area contributed by atoms with Crippen LogP contribution < -0.4 is 4.90 Å². The molecule has 1 aromatic rings. The largest absolute Gasteiger partial charge is 0.377 e. The lowest BCUT2D eigenvalue weighted by molar-refractivity contribution is 0.179. The summed E-state index contributed by atoms with van der Waals surface area (Å²) in [6.07, 6.45) is 6.11. The molecule has 0 spiro atoms. The lowest BCUT2D eigenvalue weighted by atomic mass is 10.2. The van der Waals surface area contributed by atoms with E-state index in [1.807, 2.05) is 11.8 Å². The first-order chi connectivity index (χ1) is 8.33. The summed E-state index contributed by atoms with van der Waals surface area (Å²) in [6, 6.07) is 0. The van der Waals surface area contributed by atoms with E-state index in [1.165, 1.54) is 30.8 Å². The number of anilines is 1. The van der Waals surface area contributed by atoms with Gasteiger partial charge in [0.1, 0.15) is 6.61 Å². The Bertz CT molecular complexity index is 345. The Balaban J connectivity index is 2.02. The molecule has 2 heterocycles. The van der Waals surface area contributed by atoms with Crippen LogP contribution in [0.3, 0.4) is 0 Å². The Hall–Kier alpha value is -0.330. The van der Waals surface area contributed by atoms with Gasteiger partial charge in [0.2, 0.25) is 5.13 Å². The fourth-order valence-electron chi connectivity index (χ4n) is 2.03. The van der Waals surface area contributed by atoms with Gasteiger partial charge in [0.25, 0.3) is 0 Å². The average Bonchev–Trinajstić information content (AvgIpc) is 2.67. The molecule has 0 radical (unpaired) electrons. The molecule has 2 rings (SSSR count).